The number of nitrogens with zero attached hydrogens (tertiary/aromatic N) is 2. The van der Waals surface area contributed by atoms with Gasteiger partial charge < -0.3 is 19.0 Å². The van der Waals surface area contributed by atoms with Crippen LogP contribution in [0, 0.1) is 0 Å². The molecule has 0 fully saturated rings. The summed E-state index contributed by atoms with van der Waals surface area (Å²) in [5.74, 6) is 0.676. The Bertz CT molecular complexity index is 1080. The van der Waals surface area contributed by atoms with Gasteiger partial charge in [-0.1, -0.05) is 12.1 Å². The monoisotopic (exact) mass is 375 g/mol. The van der Waals surface area contributed by atoms with Crippen molar-refractivity contribution in [1.29, 1.82) is 0 Å². The van der Waals surface area contributed by atoms with Crippen LogP contribution in [0.3, 0.4) is 0 Å². The van der Waals surface area contributed by atoms with Crippen LogP contribution in [0.15, 0.2) is 71.9 Å². The molecule has 2 aromatic carbocycles. The number of carbonyl (C=O) groups excluding carboxylic acids is 1. The van der Waals surface area contributed by atoms with E-state index in [1.807, 2.05) is 60.2 Å². The number of ether oxygens (including phenoxy) is 1. The summed E-state index contributed by atoms with van der Waals surface area (Å²) in [4.78, 5) is 16.6. The molecular weight excluding hydrogens is 354 g/mol. The van der Waals surface area contributed by atoms with Crippen LogP contribution in [0.1, 0.15) is 24.1 Å². The molecule has 4 aromatic rings. The number of hydrogen-bond acceptors (Lipinski definition) is 4. The second-order valence-corrected chi connectivity index (χ2v) is 6.65. The van der Waals surface area contributed by atoms with Crippen molar-refractivity contribution >= 4 is 16.9 Å². The van der Waals surface area contributed by atoms with E-state index in [0.717, 1.165) is 28.0 Å². The van der Waals surface area contributed by atoms with Gasteiger partial charge in [0.15, 0.2) is 0 Å². The first-order valence-electron chi connectivity index (χ1n) is 9.06. The number of amides is 1. The molecule has 0 aliphatic rings. The van der Waals surface area contributed by atoms with Gasteiger partial charge >= 0.3 is 0 Å². The third-order valence-electron chi connectivity index (χ3n) is 4.79. The topological polar surface area (TPSA) is 69.3 Å². The number of rotatable bonds is 6. The number of carbonyl (C=O) groups is 1. The maximum absolute atomic E-state index is 12.5. The number of imidazole rings is 1. The smallest absolute Gasteiger partial charge is 0.225 e. The maximum atomic E-state index is 12.5. The molecule has 6 nitrogen and oxygen atoms in total. The number of hydrogen-bond donors (Lipinski definition) is 1. The first kappa shape index (κ1) is 17.9. The molecule has 4 rings (SSSR count). The Morgan fingerprint density at radius 3 is 2.79 bits per heavy atom. The summed E-state index contributed by atoms with van der Waals surface area (Å²) in [5.41, 5.74) is 3.64. The molecule has 0 aliphatic carbocycles. The minimum absolute atomic E-state index is 0.0512. The first-order chi connectivity index (χ1) is 13.6. The summed E-state index contributed by atoms with van der Waals surface area (Å²) in [7, 11) is 1.61. The molecule has 1 atom stereocenters. The van der Waals surface area contributed by atoms with Gasteiger partial charge in [0.05, 0.1) is 32.2 Å². The van der Waals surface area contributed by atoms with Gasteiger partial charge in [-0.25, -0.2) is 4.98 Å². The lowest BCUT2D eigenvalue weighted by atomic mass is 10.1. The first-order valence-corrected chi connectivity index (χ1v) is 9.06. The summed E-state index contributed by atoms with van der Waals surface area (Å²) in [6.07, 6.45) is 7.29. The van der Waals surface area contributed by atoms with Gasteiger partial charge in [-0.2, -0.15) is 0 Å². The number of methoxy groups -OCH3 is 1. The van der Waals surface area contributed by atoms with Gasteiger partial charge in [0.2, 0.25) is 5.91 Å². The van der Waals surface area contributed by atoms with E-state index < -0.39 is 0 Å². The zero-order chi connectivity index (χ0) is 19.5. The van der Waals surface area contributed by atoms with Crippen molar-refractivity contribution in [2.45, 2.75) is 19.4 Å². The molecule has 0 bridgehead atoms. The number of benzene rings is 2. The fourth-order valence-corrected chi connectivity index (χ4v) is 3.22. The zero-order valence-corrected chi connectivity index (χ0v) is 15.8. The average Bonchev–Trinajstić information content (AvgIpc) is 3.38. The molecule has 0 aliphatic heterocycles. The standard InChI is InChI=1S/C22H21N3O3/c1-15(16-3-5-18(6-4-16)25-10-9-23-14-25)24-22(26)11-17-13-28-21-12-19(27-2)7-8-20(17)21/h3-10,12-15H,11H2,1-2H3,(H,24,26). The molecule has 2 heterocycles. The largest absolute Gasteiger partial charge is 0.497 e. The molecule has 1 unspecified atom stereocenters. The van der Waals surface area contributed by atoms with Crippen LogP contribution in [0.25, 0.3) is 16.7 Å². The van der Waals surface area contributed by atoms with Gasteiger partial charge in [0.1, 0.15) is 11.3 Å². The van der Waals surface area contributed by atoms with E-state index in [9.17, 15) is 4.79 Å². The normalized spacial score (nSPS) is 12.1. The summed E-state index contributed by atoms with van der Waals surface area (Å²) in [6.45, 7) is 1.97. The molecule has 28 heavy (non-hydrogen) atoms. The Kier molecular flexibility index (Phi) is 4.85. The molecule has 2 aromatic heterocycles. The van der Waals surface area contributed by atoms with Crippen LogP contribution in [0.5, 0.6) is 5.75 Å². The lowest BCUT2D eigenvalue weighted by Crippen LogP contribution is -2.28. The number of aromatic nitrogens is 2. The summed E-state index contributed by atoms with van der Waals surface area (Å²) < 4.78 is 12.7. The van der Waals surface area contributed by atoms with Crippen LogP contribution in [-0.2, 0) is 11.2 Å². The highest BCUT2D eigenvalue weighted by Gasteiger charge is 2.14. The summed E-state index contributed by atoms with van der Waals surface area (Å²) in [6, 6.07) is 13.6. The van der Waals surface area contributed by atoms with Crippen molar-refractivity contribution in [3.8, 4) is 11.4 Å². The van der Waals surface area contributed by atoms with Crippen LogP contribution in [-0.4, -0.2) is 22.6 Å². The molecule has 142 valence electrons. The predicted molar refractivity (Wildman–Crippen MR) is 107 cm³/mol. The van der Waals surface area contributed by atoms with Gasteiger partial charge in [-0.15, -0.1) is 0 Å². The molecule has 0 saturated heterocycles. The van der Waals surface area contributed by atoms with E-state index in [4.69, 9.17) is 9.15 Å². The van der Waals surface area contributed by atoms with Crippen molar-refractivity contribution in [3.63, 3.8) is 0 Å². The Morgan fingerprint density at radius 1 is 1.25 bits per heavy atom. The third-order valence-corrected chi connectivity index (χ3v) is 4.79. The number of fused-ring (bicyclic) bond motifs is 1. The second-order valence-electron chi connectivity index (χ2n) is 6.65. The molecule has 1 N–H and O–H groups in total. The highest BCUT2D eigenvalue weighted by molar-refractivity contribution is 5.88. The Balaban J connectivity index is 1.42. The van der Waals surface area contributed by atoms with Crippen molar-refractivity contribution in [1.82, 2.24) is 14.9 Å². The molecule has 0 saturated carbocycles. The van der Waals surface area contributed by atoms with Gasteiger partial charge in [-0.05, 0) is 36.8 Å². The van der Waals surface area contributed by atoms with Crippen molar-refractivity contribution < 1.29 is 13.9 Å². The second kappa shape index (κ2) is 7.60. The summed E-state index contributed by atoms with van der Waals surface area (Å²) in [5, 5.41) is 3.98. The SMILES string of the molecule is COc1ccc2c(CC(=O)NC(C)c3ccc(-n4ccnc4)cc3)coc2c1. The highest BCUT2D eigenvalue weighted by atomic mass is 16.5. The lowest BCUT2D eigenvalue weighted by Gasteiger charge is -2.15. The highest BCUT2D eigenvalue weighted by Crippen LogP contribution is 2.26. The van der Waals surface area contributed by atoms with Crippen molar-refractivity contribution in [3.05, 3.63) is 78.6 Å². The van der Waals surface area contributed by atoms with Crippen LogP contribution >= 0.6 is 0 Å². The molecule has 6 heteroatoms. The Labute approximate surface area is 162 Å². The van der Waals surface area contributed by atoms with Gasteiger partial charge in [0, 0.05) is 35.1 Å². The van der Waals surface area contributed by atoms with Crippen LogP contribution in [0.2, 0.25) is 0 Å². The predicted octanol–water partition coefficient (Wildman–Crippen LogP) is 4.05. The summed E-state index contributed by atoms with van der Waals surface area (Å²) >= 11 is 0. The molecule has 0 radical (unpaired) electrons. The zero-order valence-electron chi connectivity index (χ0n) is 15.8. The van der Waals surface area contributed by atoms with Crippen LogP contribution < -0.4 is 10.1 Å². The minimum Gasteiger partial charge on any atom is -0.497 e. The van der Waals surface area contributed by atoms with E-state index in [1.165, 1.54) is 0 Å². The molecular formula is C22H21N3O3. The maximum Gasteiger partial charge on any atom is 0.225 e. The Morgan fingerprint density at radius 2 is 2.07 bits per heavy atom. The minimum atomic E-state index is -0.0948. The van der Waals surface area contributed by atoms with Gasteiger partial charge in [0.25, 0.3) is 0 Å². The van der Waals surface area contributed by atoms with E-state index in [2.05, 4.69) is 10.3 Å². The van der Waals surface area contributed by atoms with E-state index in [1.54, 1.807) is 25.9 Å². The number of nitrogens with one attached hydrogen (secondary N) is 1. The van der Waals surface area contributed by atoms with Gasteiger partial charge in [-0.3, -0.25) is 4.79 Å². The molecule has 1 amide bonds. The van der Waals surface area contributed by atoms with Crippen LogP contribution in [0.4, 0.5) is 0 Å². The van der Waals surface area contributed by atoms with E-state index in [-0.39, 0.29) is 18.4 Å². The average molecular weight is 375 g/mol. The van der Waals surface area contributed by atoms with E-state index >= 15 is 0 Å². The molecule has 0 spiro atoms. The van der Waals surface area contributed by atoms with E-state index in [0.29, 0.717) is 5.58 Å². The quantitative estimate of drug-likeness (QED) is 0.552. The van der Waals surface area contributed by atoms with Crippen molar-refractivity contribution in [2.75, 3.05) is 7.11 Å². The fourth-order valence-electron chi connectivity index (χ4n) is 3.22. The Hall–Kier alpha value is -3.54. The lowest BCUT2D eigenvalue weighted by molar-refractivity contribution is -0.121. The fraction of sp³-hybridized carbons (Fsp3) is 0.182. The number of furan rings is 1. The van der Waals surface area contributed by atoms with Crippen molar-refractivity contribution in [2.24, 2.45) is 0 Å². The third kappa shape index (κ3) is 3.62.